The van der Waals surface area contributed by atoms with E-state index in [1.807, 2.05) is 4.98 Å². The van der Waals surface area contributed by atoms with Crippen LogP contribution in [-0.4, -0.2) is 33.3 Å². The molecule has 1 aliphatic heterocycles. The molecule has 0 spiro atoms. The van der Waals surface area contributed by atoms with Crippen LogP contribution in [0.4, 0.5) is 8.78 Å². The lowest BCUT2D eigenvalue weighted by Gasteiger charge is -2.14. The molecule has 2 rings (SSSR count). The first-order valence-corrected chi connectivity index (χ1v) is 5.31. The van der Waals surface area contributed by atoms with Crippen molar-refractivity contribution in [2.45, 2.75) is 31.6 Å². The first kappa shape index (κ1) is 12.9. The molecule has 0 amide bonds. The molecule has 18 heavy (non-hydrogen) atoms. The van der Waals surface area contributed by atoms with Crippen molar-refractivity contribution in [3.05, 3.63) is 32.6 Å². The third-order valence-corrected chi connectivity index (χ3v) is 2.86. The summed E-state index contributed by atoms with van der Waals surface area (Å²) in [7, 11) is 0. The van der Waals surface area contributed by atoms with Crippen LogP contribution >= 0.6 is 0 Å². The smallest absolute Gasteiger partial charge is 0.330 e. The predicted molar refractivity (Wildman–Crippen MR) is 56.6 cm³/mol. The zero-order chi connectivity index (χ0) is 13.5. The molecule has 2 heterocycles. The van der Waals surface area contributed by atoms with Gasteiger partial charge in [0.25, 0.3) is 11.5 Å². The van der Waals surface area contributed by atoms with Gasteiger partial charge in [-0.1, -0.05) is 0 Å². The van der Waals surface area contributed by atoms with Crippen molar-refractivity contribution < 1.29 is 18.6 Å². The Bertz CT molecular complexity index is 566. The van der Waals surface area contributed by atoms with Gasteiger partial charge >= 0.3 is 5.69 Å². The quantitative estimate of drug-likeness (QED) is 0.770. The third kappa shape index (κ3) is 2.08. The molecule has 2 atom stereocenters. The lowest BCUT2D eigenvalue weighted by molar-refractivity contribution is -0.102. The predicted octanol–water partition coefficient (Wildman–Crippen LogP) is -0.240. The van der Waals surface area contributed by atoms with Crippen LogP contribution in [0.15, 0.2) is 15.8 Å². The van der Waals surface area contributed by atoms with Crippen molar-refractivity contribution in [2.75, 3.05) is 6.61 Å². The molecule has 6 nitrogen and oxygen atoms in total. The van der Waals surface area contributed by atoms with Crippen molar-refractivity contribution >= 4 is 0 Å². The number of H-pyrrole nitrogens is 1. The molecule has 1 fully saturated rings. The normalized spacial score (nSPS) is 26.4. The van der Waals surface area contributed by atoms with Crippen molar-refractivity contribution in [1.82, 2.24) is 9.55 Å². The maximum absolute atomic E-state index is 13.4. The zero-order valence-electron chi connectivity index (χ0n) is 9.52. The second-order valence-corrected chi connectivity index (χ2v) is 4.21. The largest absolute Gasteiger partial charge is 0.393 e. The number of aryl methyl sites for hydroxylation is 1. The summed E-state index contributed by atoms with van der Waals surface area (Å²) in [5.74, 6) is -3.21. The number of alkyl halides is 2. The molecule has 8 heteroatoms. The number of nitrogens with zero attached hydrogens (tertiary/aromatic N) is 1. The third-order valence-electron chi connectivity index (χ3n) is 2.86. The molecule has 0 aromatic carbocycles. The van der Waals surface area contributed by atoms with E-state index in [-0.39, 0.29) is 5.56 Å². The van der Waals surface area contributed by atoms with Crippen molar-refractivity contribution in [3.63, 3.8) is 0 Å². The fraction of sp³-hybridized carbons (Fsp3) is 0.600. The maximum Gasteiger partial charge on any atom is 0.330 e. The molecular weight excluding hydrogens is 250 g/mol. The lowest BCUT2D eigenvalue weighted by atomic mass is 10.1. The lowest BCUT2D eigenvalue weighted by Crippen LogP contribution is -2.33. The Morgan fingerprint density at radius 1 is 1.61 bits per heavy atom. The van der Waals surface area contributed by atoms with E-state index >= 15 is 0 Å². The van der Waals surface area contributed by atoms with Crippen LogP contribution in [0.1, 0.15) is 18.2 Å². The summed E-state index contributed by atoms with van der Waals surface area (Å²) in [6.45, 7) is 0.617. The molecule has 1 saturated heterocycles. The van der Waals surface area contributed by atoms with Crippen molar-refractivity contribution in [1.29, 1.82) is 0 Å². The molecule has 1 aromatic heterocycles. The number of aliphatic hydroxyl groups is 1. The number of ether oxygens (including phenoxy) is 1. The van der Waals surface area contributed by atoms with Crippen LogP contribution < -0.4 is 11.2 Å². The first-order valence-electron chi connectivity index (χ1n) is 5.31. The van der Waals surface area contributed by atoms with E-state index in [1.54, 1.807) is 0 Å². The van der Waals surface area contributed by atoms with Gasteiger partial charge in [-0.3, -0.25) is 14.3 Å². The number of hydrogen-bond donors (Lipinski definition) is 2. The van der Waals surface area contributed by atoms with E-state index in [2.05, 4.69) is 0 Å². The molecule has 0 unspecified atom stereocenters. The van der Waals surface area contributed by atoms with Crippen LogP contribution in [0.5, 0.6) is 0 Å². The fourth-order valence-electron chi connectivity index (χ4n) is 1.84. The van der Waals surface area contributed by atoms with Gasteiger partial charge in [0.2, 0.25) is 0 Å². The highest BCUT2D eigenvalue weighted by molar-refractivity contribution is 5.02. The maximum atomic E-state index is 13.4. The SMILES string of the molecule is Cc1cn([C@H]2CC(F)(F)[C@H](CO)O2)c(=O)[nH]c1=O. The zero-order valence-corrected chi connectivity index (χ0v) is 9.52. The summed E-state index contributed by atoms with van der Waals surface area (Å²) < 4.78 is 32.6. The van der Waals surface area contributed by atoms with E-state index in [0.29, 0.717) is 0 Å². The Labute approximate surface area is 99.8 Å². The highest BCUT2D eigenvalue weighted by atomic mass is 19.3. The van der Waals surface area contributed by atoms with Gasteiger partial charge in [-0.25, -0.2) is 13.6 Å². The number of rotatable bonds is 2. The van der Waals surface area contributed by atoms with Gasteiger partial charge < -0.3 is 9.84 Å². The summed E-state index contributed by atoms with van der Waals surface area (Å²) in [4.78, 5) is 24.7. The molecule has 0 saturated carbocycles. The average molecular weight is 262 g/mol. The summed E-state index contributed by atoms with van der Waals surface area (Å²) in [5.41, 5.74) is -1.17. The minimum absolute atomic E-state index is 0.217. The monoisotopic (exact) mass is 262 g/mol. The number of aromatic nitrogens is 2. The molecule has 100 valence electrons. The van der Waals surface area contributed by atoms with Gasteiger partial charge in [-0.05, 0) is 6.92 Å². The van der Waals surface area contributed by atoms with E-state index < -0.39 is 42.5 Å². The second-order valence-electron chi connectivity index (χ2n) is 4.21. The summed E-state index contributed by atoms with van der Waals surface area (Å²) in [5, 5.41) is 8.78. The molecule has 1 aliphatic rings. The highest BCUT2D eigenvalue weighted by Gasteiger charge is 2.50. The Balaban J connectivity index is 2.38. The van der Waals surface area contributed by atoms with E-state index in [0.717, 1.165) is 4.57 Å². The van der Waals surface area contributed by atoms with Crippen LogP contribution in [0.25, 0.3) is 0 Å². The van der Waals surface area contributed by atoms with Crippen LogP contribution in [0.3, 0.4) is 0 Å². The van der Waals surface area contributed by atoms with E-state index in [1.165, 1.54) is 13.1 Å². The molecule has 0 bridgehead atoms. The number of aromatic amines is 1. The summed E-state index contributed by atoms with van der Waals surface area (Å²) in [6, 6.07) is 0. The van der Waals surface area contributed by atoms with Gasteiger partial charge in [0.15, 0.2) is 0 Å². The topological polar surface area (TPSA) is 84.3 Å². The standard InChI is InChI=1S/C10H12F2N2O4/c1-5-3-14(9(17)13-8(5)16)7-2-10(11,12)6(4-15)18-7/h3,6-7,15H,2,4H2,1H3,(H,13,16,17)/t6-,7+/m0/s1. The van der Waals surface area contributed by atoms with Gasteiger partial charge in [0, 0.05) is 11.8 Å². The number of hydrogen-bond acceptors (Lipinski definition) is 4. The summed E-state index contributed by atoms with van der Waals surface area (Å²) >= 11 is 0. The van der Waals surface area contributed by atoms with E-state index in [4.69, 9.17) is 9.84 Å². The molecular formula is C10H12F2N2O4. The van der Waals surface area contributed by atoms with Gasteiger partial charge in [-0.15, -0.1) is 0 Å². The Morgan fingerprint density at radius 3 is 2.83 bits per heavy atom. The summed E-state index contributed by atoms with van der Waals surface area (Å²) in [6.07, 6.45) is -2.38. The number of nitrogens with one attached hydrogen (secondary N) is 1. The van der Waals surface area contributed by atoms with Crippen LogP contribution in [-0.2, 0) is 4.74 Å². The number of aliphatic hydroxyl groups excluding tert-OH is 1. The molecule has 0 aliphatic carbocycles. The van der Waals surface area contributed by atoms with E-state index in [9.17, 15) is 18.4 Å². The Kier molecular flexibility index (Phi) is 3.07. The van der Waals surface area contributed by atoms with Crippen LogP contribution in [0, 0.1) is 6.92 Å². The van der Waals surface area contributed by atoms with Gasteiger partial charge in [0.1, 0.15) is 12.3 Å². The first-order chi connectivity index (χ1) is 8.35. The second kappa shape index (κ2) is 4.29. The minimum Gasteiger partial charge on any atom is -0.393 e. The highest BCUT2D eigenvalue weighted by Crippen LogP contribution is 2.39. The number of halogens is 2. The molecule has 0 radical (unpaired) electrons. The Hall–Kier alpha value is -1.54. The fourth-order valence-corrected chi connectivity index (χ4v) is 1.84. The molecule has 2 N–H and O–H groups in total. The van der Waals surface area contributed by atoms with Gasteiger partial charge in [-0.2, -0.15) is 0 Å². The van der Waals surface area contributed by atoms with Crippen molar-refractivity contribution in [2.24, 2.45) is 0 Å². The minimum atomic E-state index is -3.21. The average Bonchev–Trinajstić information content (AvgIpc) is 2.58. The molecule has 1 aromatic rings. The van der Waals surface area contributed by atoms with Crippen LogP contribution in [0.2, 0.25) is 0 Å². The Morgan fingerprint density at radius 2 is 2.28 bits per heavy atom. The van der Waals surface area contributed by atoms with Gasteiger partial charge in [0.05, 0.1) is 13.0 Å². The van der Waals surface area contributed by atoms with Crippen molar-refractivity contribution in [3.8, 4) is 0 Å².